The van der Waals surface area contributed by atoms with Crippen molar-refractivity contribution < 1.29 is 9.53 Å². The second-order valence-electron chi connectivity index (χ2n) is 2.31. The Balaban J connectivity index is 4.54. The monoisotopic (exact) mass is 166 g/mol. The first kappa shape index (κ1) is 10.7. The van der Waals surface area contributed by atoms with E-state index in [-0.39, 0.29) is 5.97 Å². The summed E-state index contributed by atoms with van der Waals surface area (Å²) in [6.45, 7) is 9.22. The van der Waals surface area contributed by atoms with Crippen molar-refractivity contribution in [3.8, 4) is 0 Å². The van der Waals surface area contributed by atoms with Crippen LogP contribution in [-0.2, 0) is 9.53 Å². The van der Waals surface area contributed by atoms with Crippen molar-refractivity contribution in [2.75, 3.05) is 7.11 Å². The fraction of sp³-hybridized carbons (Fsp3) is 0.300. The van der Waals surface area contributed by atoms with Crippen LogP contribution in [0.3, 0.4) is 0 Å². The molecule has 0 aliphatic carbocycles. The average Bonchev–Trinajstić information content (AvgIpc) is 2.12. The van der Waals surface area contributed by atoms with Crippen LogP contribution >= 0.6 is 0 Å². The highest BCUT2D eigenvalue weighted by Crippen LogP contribution is 2.06. The molecule has 0 aromatic rings. The molecule has 66 valence electrons. The molecule has 0 heterocycles. The third-order valence-electron chi connectivity index (χ3n) is 1.45. The molecule has 0 radical (unpaired) electrons. The van der Waals surface area contributed by atoms with Crippen molar-refractivity contribution in [2.24, 2.45) is 0 Å². The summed E-state index contributed by atoms with van der Waals surface area (Å²) in [6, 6.07) is 0. The molecule has 0 bridgehead atoms. The number of allylic oxidation sites excluding steroid dienone is 2. The molecule has 0 unspecified atom stereocenters. The van der Waals surface area contributed by atoms with E-state index in [9.17, 15) is 4.79 Å². The summed E-state index contributed by atoms with van der Waals surface area (Å²) in [7, 11) is 1.34. The first-order valence-corrected chi connectivity index (χ1v) is 3.75. The van der Waals surface area contributed by atoms with Crippen molar-refractivity contribution in [3.63, 3.8) is 0 Å². The van der Waals surface area contributed by atoms with E-state index in [0.717, 1.165) is 12.0 Å². The quantitative estimate of drug-likeness (QED) is 0.363. The highest BCUT2D eigenvalue weighted by Gasteiger charge is 2.04. The average molecular weight is 166 g/mol. The topological polar surface area (TPSA) is 26.3 Å². The first-order chi connectivity index (χ1) is 5.65. The molecule has 0 spiro atoms. The van der Waals surface area contributed by atoms with Gasteiger partial charge in [0.2, 0.25) is 0 Å². The fourth-order valence-electron chi connectivity index (χ4n) is 0.641. The van der Waals surface area contributed by atoms with Gasteiger partial charge in [0.15, 0.2) is 0 Å². The lowest BCUT2D eigenvalue weighted by Gasteiger charge is -1.99. The zero-order valence-electron chi connectivity index (χ0n) is 7.59. The molecular weight excluding hydrogens is 152 g/mol. The van der Waals surface area contributed by atoms with Gasteiger partial charge in [-0.1, -0.05) is 31.7 Å². The minimum Gasteiger partial charge on any atom is -0.465 e. The normalized spacial score (nSPS) is 10.7. The van der Waals surface area contributed by atoms with Gasteiger partial charge in [-0.25, -0.2) is 4.79 Å². The van der Waals surface area contributed by atoms with E-state index in [1.54, 1.807) is 6.08 Å². The number of esters is 1. The summed E-state index contributed by atoms with van der Waals surface area (Å²) in [5, 5.41) is 0. The van der Waals surface area contributed by atoms with Crippen molar-refractivity contribution in [3.05, 3.63) is 36.5 Å². The van der Waals surface area contributed by atoms with E-state index in [0.29, 0.717) is 5.57 Å². The Hall–Kier alpha value is -1.31. The third kappa shape index (κ3) is 3.19. The van der Waals surface area contributed by atoms with Gasteiger partial charge in [-0.2, -0.15) is 0 Å². The molecule has 0 saturated carbocycles. The summed E-state index contributed by atoms with van der Waals surface area (Å²) in [4.78, 5) is 11.0. The van der Waals surface area contributed by atoms with E-state index in [1.165, 1.54) is 13.2 Å². The van der Waals surface area contributed by atoms with Crippen LogP contribution in [-0.4, -0.2) is 13.1 Å². The number of methoxy groups -OCH3 is 1. The Bertz CT molecular complexity index is 224. The maximum Gasteiger partial charge on any atom is 0.337 e. The molecule has 0 fully saturated rings. The number of rotatable bonds is 4. The minimum atomic E-state index is -0.375. The van der Waals surface area contributed by atoms with Gasteiger partial charge in [-0.05, 0) is 12.5 Å². The number of carbonyl (C=O) groups is 1. The summed E-state index contributed by atoms with van der Waals surface area (Å²) in [5.74, 6) is -0.375. The predicted octanol–water partition coefficient (Wildman–Crippen LogP) is 2.24. The van der Waals surface area contributed by atoms with Crippen molar-refractivity contribution in [2.45, 2.75) is 13.3 Å². The maximum absolute atomic E-state index is 11.0. The van der Waals surface area contributed by atoms with Crippen LogP contribution in [0.5, 0.6) is 0 Å². The van der Waals surface area contributed by atoms with Crippen LogP contribution in [0.2, 0.25) is 0 Å². The van der Waals surface area contributed by atoms with E-state index >= 15 is 0 Å². The second kappa shape index (κ2) is 5.35. The highest BCUT2D eigenvalue weighted by atomic mass is 16.5. The lowest BCUT2D eigenvalue weighted by molar-refractivity contribution is -0.135. The van der Waals surface area contributed by atoms with Crippen molar-refractivity contribution in [1.82, 2.24) is 0 Å². The van der Waals surface area contributed by atoms with Gasteiger partial charge in [0, 0.05) is 0 Å². The van der Waals surface area contributed by atoms with E-state index in [1.807, 2.05) is 6.92 Å². The largest absolute Gasteiger partial charge is 0.465 e. The summed E-state index contributed by atoms with van der Waals surface area (Å²) < 4.78 is 4.53. The second-order valence-corrected chi connectivity index (χ2v) is 2.31. The SMILES string of the molecule is C=C/C(=C\C(=C)CC)C(=O)OC. The Labute approximate surface area is 73.2 Å². The van der Waals surface area contributed by atoms with E-state index in [4.69, 9.17) is 0 Å². The molecule has 12 heavy (non-hydrogen) atoms. The number of ether oxygens (including phenoxy) is 1. The zero-order valence-corrected chi connectivity index (χ0v) is 7.59. The molecule has 0 saturated heterocycles. The number of hydrogen-bond acceptors (Lipinski definition) is 2. The van der Waals surface area contributed by atoms with Gasteiger partial charge >= 0.3 is 5.97 Å². The van der Waals surface area contributed by atoms with Crippen LogP contribution in [0.15, 0.2) is 36.5 Å². The molecule has 0 rings (SSSR count). The molecule has 0 aliphatic heterocycles. The molecule has 0 N–H and O–H groups in total. The molecule has 0 atom stereocenters. The Kier molecular flexibility index (Phi) is 4.77. The summed E-state index contributed by atoms with van der Waals surface area (Å²) in [5.41, 5.74) is 1.33. The minimum absolute atomic E-state index is 0.375. The molecule has 2 nitrogen and oxygen atoms in total. The molecule has 0 aliphatic rings. The first-order valence-electron chi connectivity index (χ1n) is 3.75. The summed E-state index contributed by atoms with van der Waals surface area (Å²) in [6.07, 6.45) is 3.96. The Morgan fingerprint density at radius 2 is 2.17 bits per heavy atom. The third-order valence-corrected chi connectivity index (χ3v) is 1.45. The highest BCUT2D eigenvalue weighted by molar-refractivity contribution is 5.91. The molecule has 0 aromatic heterocycles. The van der Waals surface area contributed by atoms with Crippen molar-refractivity contribution >= 4 is 5.97 Å². The van der Waals surface area contributed by atoms with Gasteiger partial charge in [-0.3, -0.25) is 0 Å². The molecule has 0 aromatic carbocycles. The maximum atomic E-state index is 11.0. The summed E-state index contributed by atoms with van der Waals surface area (Å²) >= 11 is 0. The fourth-order valence-corrected chi connectivity index (χ4v) is 0.641. The van der Waals surface area contributed by atoms with Gasteiger partial charge in [0.05, 0.1) is 12.7 Å². The van der Waals surface area contributed by atoms with Gasteiger partial charge < -0.3 is 4.74 Å². The van der Waals surface area contributed by atoms with Crippen LogP contribution in [0, 0.1) is 0 Å². The van der Waals surface area contributed by atoms with Crippen LogP contribution in [0.25, 0.3) is 0 Å². The smallest absolute Gasteiger partial charge is 0.337 e. The van der Waals surface area contributed by atoms with E-state index < -0.39 is 0 Å². The Morgan fingerprint density at radius 1 is 1.58 bits per heavy atom. The van der Waals surface area contributed by atoms with Crippen LogP contribution in [0.1, 0.15) is 13.3 Å². The van der Waals surface area contributed by atoms with Crippen LogP contribution in [0.4, 0.5) is 0 Å². The lowest BCUT2D eigenvalue weighted by Crippen LogP contribution is -2.02. The van der Waals surface area contributed by atoms with Gasteiger partial charge in [0.1, 0.15) is 0 Å². The standard InChI is InChI=1S/C10H14O2/c1-5-8(3)7-9(6-2)10(11)12-4/h6-7H,2-3,5H2,1,4H3/b9-7+. The van der Waals surface area contributed by atoms with Gasteiger partial charge in [0.25, 0.3) is 0 Å². The number of hydrogen-bond donors (Lipinski definition) is 0. The van der Waals surface area contributed by atoms with Gasteiger partial charge in [-0.15, -0.1) is 0 Å². The van der Waals surface area contributed by atoms with Crippen molar-refractivity contribution in [1.29, 1.82) is 0 Å². The lowest BCUT2D eigenvalue weighted by atomic mass is 10.1. The van der Waals surface area contributed by atoms with E-state index in [2.05, 4.69) is 17.9 Å². The number of carbonyl (C=O) groups excluding carboxylic acids is 1. The zero-order chi connectivity index (χ0) is 9.56. The molecular formula is C10H14O2. The molecule has 0 amide bonds. The molecule has 2 heteroatoms. The van der Waals surface area contributed by atoms with Crippen LogP contribution < -0.4 is 0 Å². The Morgan fingerprint density at radius 3 is 2.50 bits per heavy atom. The predicted molar refractivity (Wildman–Crippen MR) is 49.7 cm³/mol.